The van der Waals surface area contributed by atoms with E-state index in [1.807, 2.05) is 12.4 Å². The molecule has 98 valence electrons. The number of rotatable bonds is 4. The molecule has 2 rings (SSSR count). The molecule has 5 nitrogen and oxygen atoms in total. The number of aromatic nitrogens is 2. The van der Waals surface area contributed by atoms with Gasteiger partial charge in [0.05, 0.1) is 0 Å². The zero-order valence-electron chi connectivity index (χ0n) is 10.6. The molecular formula is C13H19N3O2. The van der Waals surface area contributed by atoms with Crippen LogP contribution in [0.25, 0.3) is 0 Å². The number of anilines is 1. The molecule has 18 heavy (non-hydrogen) atoms. The van der Waals surface area contributed by atoms with Crippen molar-refractivity contribution in [3.63, 3.8) is 0 Å². The fourth-order valence-corrected chi connectivity index (χ4v) is 2.31. The van der Waals surface area contributed by atoms with Gasteiger partial charge in [-0.3, -0.25) is 4.79 Å². The SMILES string of the molecule is CC(Nc1ncc(C2CCCCC2)cn1)C(=O)O. The van der Waals surface area contributed by atoms with E-state index in [-0.39, 0.29) is 0 Å². The molecule has 1 atom stereocenters. The Kier molecular flexibility index (Phi) is 4.12. The van der Waals surface area contributed by atoms with Crippen LogP contribution in [0.1, 0.15) is 50.5 Å². The Balaban J connectivity index is 1.98. The van der Waals surface area contributed by atoms with Gasteiger partial charge in [0.25, 0.3) is 0 Å². The van der Waals surface area contributed by atoms with Crippen LogP contribution in [0.3, 0.4) is 0 Å². The van der Waals surface area contributed by atoms with Crippen molar-refractivity contribution >= 4 is 11.9 Å². The van der Waals surface area contributed by atoms with Gasteiger partial charge in [-0.05, 0) is 31.2 Å². The van der Waals surface area contributed by atoms with Gasteiger partial charge in [0.15, 0.2) is 0 Å². The molecule has 0 spiro atoms. The van der Waals surface area contributed by atoms with Gasteiger partial charge in [0.2, 0.25) is 5.95 Å². The lowest BCUT2D eigenvalue weighted by Crippen LogP contribution is -2.26. The molecule has 1 unspecified atom stereocenters. The molecule has 1 aromatic heterocycles. The zero-order valence-corrected chi connectivity index (χ0v) is 10.6. The van der Waals surface area contributed by atoms with Gasteiger partial charge in [-0.25, -0.2) is 9.97 Å². The molecule has 5 heteroatoms. The highest BCUT2D eigenvalue weighted by atomic mass is 16.4. The highest BCUT2D eigenvalue weighted by molar-refractivity contribution is 5.75. The van der Waals surface area contributed by atoms with Crippen LogP contribution in [0.15, 0.2) is 12.4 Å². The lowest BCUT2D eigenvalue weighted by Gasteiger charge is -2.21. The van der Waals surface area contributed by atoms with Crippen molar-refractivity contribution in [1.82, 2.24) is 9.97 Å². The summed E-state index contributed by atoms with van der Waals surface area (Å²) in [5.74, 6) is 0.0455. The van der Waals surface area contributed by atoms with Gasteiger partial charge in [-0.2, -0.15) is 0 Å². The highest BCUT2D eigenvalue weighted by Gasteiger charge is 2.17. The fraction of sp³-hybridized carbons (Fsp3) is 0.615. The van der Waals surface area contributed by atoms with Crippen molar-refractivity contribution in [2.75, 3.05) is 5.32 Å². The standard InChI is InChI=1S/C13H19N3O2/c1-9(12(17)18)16-13-14-7-11(8-15-13)10-5-3-2-4-6-10/h7-10H,2-6H2,1H3,(H,17,18)(H,14,15,16). The average Bonchev–Trinajstić information content (AvgIpc) is 2.40. The number of aliphatic carboxylic acids is 1. The third kappa shape index (κ3) is 3.18. The minimum atomic E-state index is -0.907. The first-order chi connectivity index (χ1) is 8.66. The summed E-state index contributed by atoms with van der Waals surface area (Å²) in [4.78, 5) is 19.1. The molecule has 0 amide bonds. The fourth-order valence-electron chi connectivity index (χ4n) is 2.31. The van der Waals surface area contributed by atoms with Gasteiger partial charge >= 0.3 is 5.97 Å². The van der Waals surface area contributed by atoms with Gasteiger partial charge in [0.1, 0.15) is 6.04 Å². The molecule has 0 bridgehead atoms. The first-order valence-electron chi connectivity index (χ1n) is 6.48. The van der Waals surface area contributed by atoms with E-state index in [0.29, 0.717) is 11.9 Å². The second-order valence-electron chi connectivity index (χ2n) is 4.88. The van der Waals surface area contributed by atoms with Crippen molar-refractivity contribution < 1.29 is 9.90 Å². The highest BCUT2D eigenvalue weighted by Crippen LogP contribution is 2.31. The lowest BCUT2D eigenvalue weighted by atomic mass is 9.85. The molecule has 1 aliphatic carbocycles. The van der Waals surface area contributed by atoms with Crippen LogP contribution in [0.2, 0.25) is 0 Å². The molecular weight excluding hydrogens is 230 g/mol. The number of hydrogen-bond donors (Lipinski definition) is 2. The normalized spacial score (nSPS) is 18.3. The Labute approximate surface area is 107 Å². The summed E-state index contributed by atoms with van der Waals surface area (Å²) in [7, 11) is 0. The van der Waals surface area contributed by atoms with Crippen molar-refractivity contribution in [1.29, 1.82) is 0 Å². The third-order valence-electron chi connectivity index (χ3n) is 3.46. The Morgan fingerprint density at radius 2 is 1.94 bits per heavy atom. The van der Waals surface area contributed by atoms with Crippen LogP contribution in [0.4, 0.5) is 5.95 Å². The largest absolute Gasteiger partial charge is 0.480 e. The summed E-state index contributed by atoms with van der Waals surface area (Å²) in [6.45, 7) is 1.57. The number of carboxylic acid groups (broad SMARTS) is 1. The third-order valence-corrected chi connectivity index (χ3v) is 3.46. The molecule has 1 aliphatic rings. The first-order valence-corrected chi connectivity index (χ1v) is 6.48. The van der Waals surface area contributed by atoms with Crippen LogP contribution >= 0.6 is 0 Å². The number of hydrogen-bond acceptors (Lipinski definition) is 4. The first kappa shape index (κ1) is 12.8. The Morgan fingerprint density at radius 3 is 2.50 bits per heavy atom. The van der Waals surface area contributed by atoms with E-state index in [9.17, 15) is 4.79 Å². The van der Waals surface area contributed by atoms with Gasteiger partial charge in [-0.15, -0.1) is 0 Å². The van der Waals surface area contributed by atoms with Gasteiger partial charge in [-0.1, -0.05) is 19.3 Å². The van der Waals surface area contributed by atoms with Crippen molar-refractivity contribution in [2.45, 2.75) is 51.0 Å². The van der Waals surface area contributed by atoms with E-state index < -0.39 is 12.0 Å². The van der Waals surface area contributed by atoms with Crippen LogP contribution in [-0.2, 0) is 4.79 Å². The van der Waals surface area contributed by atoms with Gasteiger partial charge in [0, 0.05) is 12.4 Å². The number of carbonyl (C=O) groups is 1. The van der Waals surface area contributed by atoms with Crippen molar-refractivity contribution in [3.05, 3.63) is 18.0 Å². The van der Waals surface area contributed by atoms with E-state index in [4.69, 9.17) is 5.11 Å². The molecule has 1 saturated carbocycles. The quantitative estimate of drug-likeness (QED) is 0.857. The van der Waals surface area contributed by atoms with Gasteiger partial charge < -0.3 is 10.4 Å². The van der Waals surface area contributed by atoms with Crippen LogP contribution in [0, 0.1) is 0 Å². The summed E-state index contributed by atoms with van der Waals surface area (Å²) in [5.41, 5.74) is 1.17. The minimum Gasteiger partial charge on any atom is -0.480 e. The second-order valence-corrected chi connectivity index (χ2v) is 4.88. The maximum Gasteiger partial charge on any atom is 0.325 e. The van der Waals surface area contributed by atoms with Crippen LogP contribution in [-0.4, -0.2) is 27.1 Å². The molecule has 1 heterocycles. The maximum absolute atomic E-state index is 10.7. The van der Waals surface area contributed by atoms with E-state index in [1.54, 1.807) is 6.92 Å². The zero-order chi connectivity index (χ0) is 13.0. The summed E-state index contributed by atoms with van der Waals surface area (Å²) < 4.78 is 0. The smallest absolute Gasteiger partial charge is 0.325 e. The van der Waals surface area contributed by atoms with E-state index in [0.717, 1.165) is 0 Å². The molecule has 1 aromatic rings. The number of nitrogens with zero attached hydrogens (tertiary/aromatic N) is 2. The molecule has 2 N–H and O–H groups in total. The van der Waals surface area contributed by atoms with E-state index in [2.05, 4.69) is 15.3 Å². The second kappa shape index (κ2) is 5.80. The Hall–Kier alpha value is -1.65. The van der Waals surface area contributed by atoms with Crippen molar-refractivity contribution in [2.24, 2.45) is 0 Å². The number of nitrogens with one attached hydrogen (secondary N) is 1. The molecule has 1 fully saturated rings. The predicted octanol–water partition coefficient (Wildman–Crippen LogP) is 2.41. The Morgan fingerprint density at radius 1 is 1.33 bits per heavy atom. The van der Waals surface area contributed by atoms with E-state index in [1.165, 1.54) is 37.7 Å². The minimum absolute atomic E-state index is 0.379. The molecule has 0 saturated heterocycles. The summed E-state index contributed by atoms with van der Waals surface area (Å²) >= 11 is 0. The summed E-state index contributed by atoms with van der Waals surface area (Å²) in [5, 5.41) is 11.5. The lowest BCUT2D eigenvalue weighted by molar-refractivity contribution is -0.137. The van der Waals surface area contributed by atoms with Crippen LogP contribution in [0.5, 0.6) is 0 Å². The monoisotopic (exact) mass is 249 g/mol. The molecule has 0 aromatic carbocycles. The van der Waals surface area contributed by atoms with E-state index >= 15 is 0 Å². The number of carboxylic acids is 1. The topological polar surface area (TPSA) is 75.1 Å². The molecule has 0 aliphatic heterocycles. The summed E-state index contributed by atoms with van der Waals surface area (Å²) in [6.07, 6.45) is 9.94. The Bertz CT molecular complexity index is 399. The summed E-state index contributed by atoms with van der Waals surface area (Å²) in [6, 6.07) is -0.675. The maximum atomic E-state index is 10.7. The predicted molar refractivity (Wildman–Crippen MR) is 68.6 cm³/mol. The molecule has 0 radical (unpaired) electrons. The van der Waals surface area contributed by atoms with Crippen molar-refractivity contribution in [3.8, 4) is 0 Å². The average molecular weight is 249 g/mol. The van der Waals surface area contributed by atoms with Crippen LogP contribution < -0.4 is 5.32 Å².